The molecule has 0 amide bonds. The zero-order valence-electron chi connectivity index (χ0n) is 17.8. The highest BCUT2D eigenvalue weighted by atomic mass is 14.5. The third-order valence-electron chi connectivity index (χ3n) is 6.47. The third kappa shape index (κ3) is 5.99. The second-order valence-electron chi connectivity index (χ2n) is 8.68. The summed E-state index contributed by atoms with van der Waals surface area (Å²) < 4.78 is 0. The molecular formula is C27H37N. The Hall–Kier alpha value is -2.02. The van der Waals surface area contributed by atoms with Gasteiger partial charge < -0.3 is 5.73 Å². The monoisotopic (exact) mass is 375 g/mol. The van der Waals surface area contributed by atoms with Gasteiger partial charge in [0, 0.05) is 5.69 Å². The standard InChI is InChI=1S/C27H37N/c1-3-4-5-6-7-22-8-12-25(13-9-22)26-14-10-23(11-15-26)20-21(2)24-16-18-27(28)19-17-24/h10-11,14-20,22,25H,3-9,12-13,28H2,1-2H3/b21-20+. The Balaban J connectivity index is 1.52. The van der Waals surface area contributed by atoms with Crippen molar-refractivity contribution in [2.24, 2.45) is 5.92 Å². The van der Waals surface area contributed by atoms with Gasteiger partial charge in [0.15, 0.2) is 0 Å². The summed E-state index contributed by atoms with van der Waals surface area (Å²) in [6.07, 6.45) is 15.0. The predicted molar refractivity (Wildman–Crippen MR) is 124 cm³/mol. The summed E-state index contributed by atoms with van der Waals surface area (Å²) >= 11 is 0. The molecule has 0 aromatic heterocycles. The van der Waals surface area contributed by atoms with Gasteiger partial charge >= 0.3 is 0 Å². The largest absolute Gasteiger partial charge is 0.399 e. The van der Waals surface area contributed by atoms with E-state index in [4.69, 9.17) is 5.73 Å². The molecule has 2 aromatic rings. The molecule has 1 heteroatoms. The normalized spacial score (nSPS) is 20.3. The molecule has 0 bridgehead atoms. The fourth-order valence-electron chi connectivity index (χ4n) is 4.59. The molecule has 0 radical (unpaired) electrons. The van der Waals surface area contributed by atoms with Crippen molar-refractivity contribution < 1.29 is 0 Å². The minimum absolute atomic E-state index is 0.767. The summed E-state index contributed by atoms with van der Waals surface area (Å²) in [6.45, 7) is 4.47. The number of nitrogens with two attached hydrogens (primary N) is 1. The van der Waals surface area contributed by atoms with Gasteiger partial charge in [-0.2, -0.15) is 0 Å². The Morgan fingerprint density at radius 3 is 2.21 bits per heavy atom. The molecule has 0 unspecified atom stereocenters. The number of benzene rings is 2. The van der Waals surface area contributed by atoms with Crippen LogP contribution in [0.2, 0.25) is 0 Å². The van der Waals surface area contributed by atoms with Crippen LogP contribution in [0.3, 0.4) is 0 Å². The van der Waals surface area contributed by atoms with Gasteiger partial charge in [-0.05, 0) is 78.8 Å². The molecule has 1 nitrogen and oxygen atoms in total. The molecule has 0 spiro atoms. The van der Waals surface area contributed by atoms with Crippen LogP contribution in [-0.4, -0.2) is 0 Å². The van der Waals surface area contributed by atoms with Crippen LogP contribution < -0.4 is 5.73 Å². The third-order valence-corrected chi connectivity index (χ3v) is 6.47. The molecule has 1 fully saturated rings. The smallest absolute Gasteiger partial charge is 0.0314 e. The SMILES string of the molecule is CCCCCCC1CCC(c2ccc(/C=C(\C)c3ccc(N)cc3)cc2)CC1. The summed E-state index contributed by atoms with van der Waals surface area (Å²) in [6, 6.07) is 17.4. The first-order chi connectivity index (χ1) is 13.7. The maximum atomic E-state index is 5.79. The zero-order valence-corrected chi connectivity index (χ0v) is 17.8. The summed E-state index contributed by atoms with van der Waals surface area (Å²) in [5.74, 6) is 1.75. The molecular weight excluding hydrogens is 338 g/mol. The molecule has 1 saturated carbocycles. The van der Waals surface area contributed by atoms with Crippen LogP contribution >= 0.6 is 0 Å². The van der Waals surface area contributed by atoms with Gasteiger partial charge in [0.1, 0.15) is 0 Å². The lowest BCUT2D eigenvalue weighted by Crippen LogP contribution is -2.13. The molecule has 1 aliphatic carbocycles. The molecule has 3 rings (SSSR count). The topological polar surface area (TPSA) is 26.0 Å². The number of rotatable bonds is 8. The number of hydrogen-bond acceptors (Lipinski definition) is 1. The van der Waals surface area contributed by atoms with E-state index in [1.807, 2.05) is 12.1 Å². The van der Waals surface area contributed by atoms with E-state index in [9.17, 15) is 0 Å². The van der Waals surface area contributed by atoms with Crippen molar-refractivity contribution in [2.75, 3.05) is 5.73 Å². The van der Waals surface area contributed by atoms with Crippen LogP contribution in [0.4, 0.5) is 5.69 Å². The average Bonchev–Trinajstić information content (AvgIpc) is 2.73. The number of nitrogen functional groups attached to an aromatic ring is 1. The second-order valence-corrected chi connectivity index (χ2v) is 8.68. The van der Waals surface area contributed by atoms with Gasteiger partial charge in [-0.1, -0.05) is 81.5 Å². The van der Waals surface area contributed by atoms with Gasteiger partial charge in [-0.25, -0.2) is 0 Å². The number of allylic oxidation sites excluding steroid dienone is 1. The van der Waals surface area contributed by atoms with Crippen LogP contribution in [0.25, 0.3) is 11.6 Å². The van der Waals surface area contributed by atoms with Crippen LogP contribution in [0.15, 0.2) is 48.5 Å². The van der Waals surface area contributed by atoms with Crippen LogP contribution in [0.1, 0.15) is 94.2 Å². The van der Waals surface area contributed by atoms with Crippen molar-refractivity contribution in [3.05, 3.63) is 65.2 Å². The highest BCUT2D eigenvalue weighted by molar-refractivity contribution is 5.80. The quantitative estimate of drug-likeness (QED) is 0.282. The van der Waals surface area contributed by atoms with E-state index in [1.54, 1.807) is 0 Å². The Morgan fingerprint density at radius 2 is 1.57 bits per heavy atom. The van der Waals surface area contributed by atoms with E-state index in [0.29, 0.717) is 0 Å². The summed E-state index contributed by atoms with van der Waals surface area (Å²) in [5.41, 5.74) is 11.9. The van der Waals surface area contributed by atoms with E-state index in [-0.39, 0.29) is 0 Å². The van der Waals surface area contributed by atoms with E-state index >= 15 is 0 Å². The van der Waals surface area contributed by atoms with Crippen molar-refractivity contribution in [3.8, 4) is 0 Å². The van der Waals surface area contributed by atoms with E-state index in [0.717, 1.165) is 17.5 Å². The fourth-order valence-corrected chi connectivity index (χ4v) is 4.59. The molecule has 1 aliphatic rings. The van der Waals surface area contributed by atoms with Gasteiger partial charge in [0.25, 0.3) is 0 Å². The lowest BCUT2D eigenvalue weighted by molar-refractivity contribution is 0.302. The van der Waals surface area contributed by atoms with Crippen LogP contribution in [-0.2, 0) is 0 Å². The van der Waals surface area contributed by atoms with Gasteiger partial charge in [-0.15, -0.1) is 0 Å². The maximum Gasteiger partial charge on any atom is 0.0314 e. The molecule has 2 N–H and O–H groups in total. The number of hydrogen-bond donors (Lipinski definition) is 1. The molecule has 0 aliphatic heterocycles. The lowest BCUT2D eigenvalue weighted by Gasteiger charge is -2.29. The summed E-state index contributed by atoms with van der Waals surface area (Å²) in [7, 11) is 0. The fraction of sp³-hybridized carbons (Fsp3) is 0.481. The zero-order chi connectivity index (χ0) is 19.8. The van der Waals surface area contributed by atoms with Gasteiger partial charge in [0.2, 0.25) is 0 Å². The maximum absolute atomic E-state index is 5.79. The van der Waals surface area contributed by atoms with Crippen molar-refractivity contribution in [1.82, 2.24) is 0 Å². The van der Waals surface area contributed by atoms with Crippen LogP contribution in [0, 0.1) is 5.92 Å². The Labute approximate surface area is 172 Å². The number of anilines is 1. The first-order valence-corrected chi connectivity index (χ1v) is 11.3. The molecule has 28 heavy (non-hydrogen) atoms. The van der Waals surface area contributed by atoms with Crippen molar-refractivity contribution in [2.45, 2.75) is 77.6 Å². The van der Waals surface area contributed by atoms with Gasteiger partial charge in [-0.3, -0.25) is 0 Å². The molecule has 0 saturated heterocycles. The molecule has 2 aromatic carbocycles. The van der Waals surface area contributed by atoms with Gasteiger partial charge in [0.05, 0.1) is 0 Å². The lowest BCUT2D eigenvalue weighted by atomic mass is 9.77. The highest BCUT2D eigenvalue weighted by Gasteiger charge is 2.21. The van der Waals surface area contributed by atoms with E-state index < -0.39 is 0 Å². The van der Waals surface area contributed by atoms with Crippen LogP contribution in [0.5, 0.6) is 0 Å². The highest BCUT2D eigenvalue weighted by Crippen LogP contribution is 2.38. The first-order valence-electron chi connectivity index (χ1n) is 11.3. The average molecular weight is 376 g/mol. The molecule has 0 heterocycles. The van der Waals surface area contributed by atoms with Crippen molar-refractivity contribution >= 4 is 17.3 Å². The molecule has 150 valence electrons. The first kappa shape index (κ1) is 20.7. The molecule has 0 atom stereocenters. The Bertz CT molecular complexity index is 731. The Morgan fingerprint density at radius 1 is 0.893 bits per heavy atom. The second kappa shape index (κ2) is 10.5. The summed E-state index contributed by atoms with van der Waals surface area (Å²) in [5, 5.41) is 0. The minimum atomic E-state index is 0.767. The van der Waals surface area contributed by atoms with E-state index in [2.05, 4.69) is 56.3 Å². The Kier molecular flexibility index (Phi) is 7.77. The minimum Gasteiger partial charge on any atom is -0.399 e. The summed E-state index contributed by atoms with van der Waals surface area (Å²) in [4.78, 5) is 0. The van der Waals surface area contributed by atoms with Crippen molar-refractivity contribution in [3.63, 3.8) is 0 Å². The number of unbranched alkanes of at least 4 members (excludes halogenated alkanes) is 3. The predicted octanol–water partition coefficient (Wildman–Crippen LogP) is 8.07. The van der Waals surface area contributed by atoms with Crippen molar-refractivity contribution in [1.29, 1.82) is 0 Å². The van der Waals surface area contributed by atoms with E-state index in [1.165, 1.54) is 80.1 Å².